The van der Waals surface area contributed by atoms with Gasteiger partial charge in [0.25, 0.3) is 0 Å². The molecule has 0 N–H and O–H groups in total. The van der Waals surface area contributed by atoms with Crippen molar-refractivity contribution in [2.45, 2.75) is 71.3 Å². The molecule has 7 atom stereocenters. The monoisotopic (exact) mass is 360 g/mol. The molecule has 26 heavy (non-hydrogen) atoms. The number of hydrogen-bond acceptors (Lipinski definition) is 2. The van der Waals surface area contributed by atoms with Crippen molar-refractivity contribution in [3.63, 3.8) is 0 Å². The molecule has 3 saturated carbocycles. The Labute approximate surface area is 158 Å². The molecule has 4 aliphatic rings. The van der Waals surface area contributed by atoms with E-state index in [2.05, 4.69) is 18.7 Å². The van der Waals surface area contributed by atoms with Crippen molar-refractivity contribution in [1.82, 2.24) is 9.80 Å². The highest BCUT2D eigenvalue weighted by atomic mass is 16.2. The van der Waals surface area contributed by atoms with E-state index in [0.717, 1.165) is 37.5 Å². The summed E-state index contributed by atoms with van der Waals surface area (Å²) in [6.07, 6.45) is 8.89. The van der Waals surface area contributed by atoms with Crippen molar-refractivity contribution in [3.8, 4) is 0 Å². The molecule has 0 radical (unpaired) electrons. The highest BCUT2D eigenvalue weighted by molar-refractivity contribution is 5.79. The van der Waals surface area contributed by atoms with E-state index in [4.69, 9.17) is 0 Å². The van der Waals surface area contributed by atoms with Crippen LogP contribution in [0.3, 0.4) is 0 Å². The zero-order chi connectivity index (χ0) is 18.9. The summed E-state index contributed by atoms with van der Waals surface area (Å²) in [4.78, 5) is 28.9. The smallest absolute Gasteiger partial charge is 0.225 e. The molecule has 0 aromatic carbocycles. The van der Waals surface area contributed by atoms with E-state index in [1.165, 1.54) is 25.7 Å². The zero-order valence-electron chi connectivity index (χ0n) is 17.3. The molecule has 0 spiro atoms. The molecule has 3 aliphatic carbocycles. The number of fused-ring (bicyclic) bond motifs is 5. The molecule has 0 aromatic rings. The number of hydrogen-bond donors (Lipinski definition) is 0. The average Bonchev–Trinajstić information content (AvgIpc) is 2.95. The topological polar surface area (TPSA) is 40.6 Å². The second-order valence-electron chi connectivity index (χ2n) is 10.4. The van der Waals surface area contributed by atoms with Crippen LogP contribution in [0.2, 0.25) is 0 Å². The van der Waals surface area contributed by atoms with Gasteiger partial charge in [-0.15, -0.1) is 0 Å². The van der Waals surface area contributed by atoms with Gasteiger partial charge in [-0.2, -0.15) is 0 Å². The molecular weight excluding hydrogens is 324 g/mol. The molecular formula is C22H36N2O2. The fourth-order valence-electron chi connectivity index (χ4n) is 7.87. The Kier molecular flexibility index (Phi) is 4.20. The Morgan fingerprint density at radius 3 is 2.38 bits per heavy atom. The average molecular weight is 361 g/mol. The second-order valence-corrected chi connectivity index (χ2v) is 10.4. The maximum Gasteiger partial charge on any atom is 0.225 e. The summed E-state index contributed by atoms with van der Waals surface area (Å²) in [5.74, 6) is 3.06. The van der Waals surface area contributed by atoms with Crippen LogP contribution in [0.15, 0.2) is 0 Å². The number of carbonyl (C=O) groups is 2. The molecule has 0 aromatic heterocycles. The first-order valence-corrected chi connectivity index (χ1v) is 10.7. The summed E-state index contributed by atoms with van der Waals surface area (Å²) in [7, 11) is 5.84. The van der Waals surface area contributed by atoms with Crippen molar-refractivity contribution in [2.24, 2.45) is 34.5 Å². The Balaban J connectivity index is 1.61. The molecule has 1 saturated heterocycles. The fraction of sp³-hybridized carbons (Fsp3) is 0.909. The van der Waals surface area contributed by atoms with Crippen LogP contribution in [-0.4, -0.2) is 48.8 Å². The van der Waals surface area contributed by atoms with Crippen LogP contribution in [0.1, 0.15) is 65.2 Å². The van der Waals surface area contributed by atoms with Gasteiger partial charge in [0.15, 0.2) is 0 Å². The summed E-state index contributed by atoms with van der Waals surface area (Å²) in [5.41, 5.74) is 0.457. The van der Waals surface area contributed by atoms with Gasteiger partial charge in [-0.3, -0.25) is 9.59 Å². The molecule has 0 bridgehead atoms. The third-order valence-corrected chi connectivity index (χ3v) is 9.30. The second kappa shape index (κ2) is 5.97. The quantitative estimate of drug-likeness (QED) is 0.717. The SMILES string of the molecule is CN(C)C(=O)C1CC[C@H]2[C@@H]3CCC4N(C)C(=O)CC[C@]4(C)[C@@H]3CC[C@]12C. The van der Waals surface area contributed by atoms with E-state index in [9.17, 15) is 9.59 Å². The van der Waals surface area contributed by atoms with Crippen molar-refractivity contribution >= 4 is 11.8 Å². The Hall–Kier alpha value is -1.06. The zero-order valence-corrected chi connectivity index (χ0v) is 17.3. The summed E-state index contributed by atoms with van der Waals surface area (Å²) in [5, 5.41) is 0. The number of amides is 2. The van der Waals surface area contributed by atoms with Gasteiger partial charge in [-0.1, -0.05) is 13.8 Å². The number of rotatable bonds is 1. The van der Waals surface area contributed by atoms with Gasteiger partial charge in [0, 0.05) is 39.5 Å². The molecule has 146 valence electrons. The van der Waals surface area contributed by atoms with Gasteiger partial charge in [-0.05, 0) is 73.5 Å². The van der Waals surface area contributed by atoms with E-state index in [-0.39, 0.29) is 16.7 Å². The maximum absolute atomic E-state index is 12.8. The van der Waals surface area contributed by atoms with E-state index in [0.29, 0.717) is 23.8 Å². The van der Waals surface area contributed by atoms with Crippen molar-refractivity contribution < 1.29 is 9.59 Å². The molecule has 4 nitrogen and oxygen atoms in total. The predicted molar refractivity (Wildman–Crippen MR) is 102 cm³/mol. The summed E-state index contributed by atoms with van der Waals surface area (Å²) in [6.45, 7) is 4.88. The molecule has 2 amide bonds. The summed E-state index contributed by atoms with van der Waals surface area (Å²) in [6, 6.07) is 0.426. The first kappa shape index (κ1) is 18.3. The van der Waals surface area contributed by atoms with Crippen molar-refractivity contribution in [1.29, 1.82) is 0 Å². The lowest BCUT2D eigenvalue weighted by atomic mass is 9.47. The van der Waals surface area contributed by atoms with Crippen LogP contribution in [0, 0.1) is 34.5 Å². The van der Waals surface area contributed by atoms with E-state index < -0.39 is 0 Å². The van der Waals surface area contributed by atoms with Gasteiger partial charge in [0.1, 0.15) is 0 Å². The molecule has 4 fully saturated rings. The lowest BCUT2D eigenvalue weighted by molar-refractivity contribution is -0.160. The van der Waals surface area contributed by atoms with Gasteiger partial charge in [-0.25, -0.2) is 0 Å². The first-order chi connectivity index (χ1) is 12.2. The van der Waals surface area contributed by atoms with Crippen LogP contribution in [-0.2, 0) is 9.59 Å². The Morgan fingerprint density at radius 2 is 1.69 bits per heavy atom. The lowest BCUT2D eigenvalue weighted by Gasteiger charge is -2.61. The van der Waals surface area contributed by atoms with Crippen LogP contribution in [0.4, 0.5) is 0 Å². The predicted octanol–water partition coefficient (Wildman–Crippen LogP) is 3.55. The molecule has 1 heterocycles. The number of nitrogens with zero attached hydrogens (tertiary/aromatic N) is 2. The fourth-order valence-corrected chi connectivity index (χ4v) is 7.87. The summed E-state index contributed by atoms with van der Waals surface area (Å²) < 4.78 is 0. The number of piperidine rings is 1. The molecule has 1 aliphatic heterocycles. The largest absolute Gasteiger partial charge is 0.349 e. The lowest BCUT2D eigenvalue weighted by Crippen LogP contribution is -2.61. The van der Waals surface area contributed by atoms with Crippen LogP contribution in [0.5, 0.6) is 0 Å². The third kappa shape index (κ3) is 2.32. The van der Waals surface area contributed by atoms with E-state index in [1.54, 1.807) is 0 Å². The molecule has 4 rings (SSSR count). The van der Waals surface area contributed by atoms with E-state index >= 15 is 0 Å². The first-order valence-electron chi connectivity index (χ1n) is 10.7. The Bertz CT molecular complexity index is 617. The minimum absolute atomic E-state index is 0.183. The van der Waals surface area contributed by atoms with Crippen LogP contribution < -0.4 is 0 Å². The molecule has 2 unspecified atom stereocenters. The Morgan fingerprint density at radius 1 is 1.00 bits per heavy atom. The molecule has 4 heteroatoms. The third-order valence-electron chi connectivity index (χ3n) is 9.30. The van der Waals surface area contributed by atoms with Gasteiger partial charge in [0.2, 0.25) is 11.8 Å². The van der Waals surface area contributed by atoms with Gasteiger partial charge >= 0.3 is 0 Å². The van der Waals surface area contributed by atoms with Crippen LogP contribution >= 0.6 is 0 Å². The minimum Gasteiger partial charge on any atom is -0.349 e. The summed E-state index contributed by atoms with van der Waals surface area (Å²) >= 11 is 0. The standard InChI is InChI=1S/C22H36N2O2/c1-21-12-10-16-14(15(21)7-8-17(21)20(26)23(3)4)6-9-18-22(16,2)13-11-19(25)24(18)5/h14-18H,6-13H2,1-5H3/t14-,15-,16+,17?,18?,21-,22+/m0/s1. The van der Waals surface area contributed by atoms with E-state index in [1.807, 2.05) is 26.0 Å². The van der Waals surface area contributed by atoms with Gasteiger partial charge in [0.05, 0.1) is 0 Å². The maximum atomic E-state index is 12.8. The highest BCUT2D eigenvalue weighted by Gasteiger charge is 2.62. The highest BCUT2D eigenvalue weighted by Crippen LogP contribution is 2.66. The van der Waals surface area contributed by atoms with Crippen molar-refractivity contribution in [2.75, 3.05) is 21.1 Å². The number of carbonyl (C=O) groups excluding carboxylic acids is 2. The number of likely N-dealkylation sites (tertiary alicyclic amines) is 1. The van der Waals surface area contributed by atoms with Crippen molar-refractivity contribution in [3.05, 3.63) is 0 Å². The normalized spacial score (nSPS) is 47.8. The van der Waals surface area contributed by atoms with Gasteiger partial charge < -0.3 is 9.80 Å². The minimum atomic E-state index is 0.183. The van der Waals surface area contributed by atoms with Crippen LogP contribution in [0.25, 0.3) is 0 Å².